The Hall–Kier alpha value is -1.15. The molecule has 2 unspecified atom stereocenters. The lowest BCUT2D eigenvalue weighted by atomic mass is 10.1. The van der Waals surface area contributed by atoms with Gasteiger partial charge in [-0.1, -0.05) is 13.0 Å². The molecule has 27 heavy (non-hydrogen) atoms. The van der Waals surface area contributed by atoms with Crippen molar-refractivity contribution in [3.63, 3.8) is 0 Å². The molecule has 3 heterocycles. The van der Waals surface area contributed by atoms with Crippen molar-refractivity contribution in [1.82, 2.24) is 20.4 Å². The van der Waals surface area contributed by atoms with Crippen molar-refractivity contribution in [2.75, 3.05) is 66.1 Å². The third-order valence-corrected chi connectivity index (χ3v) is 6.49. The van der Waals surface area contributed by atoms with Crippen LogP contribution in [0, 0.1) is 5.92 Å². The lowest BCUT2D eigenvalue weighted by Gasteiger charge is -2.34. The molecule has 6 nitrogen and oxygen atoms in total. The third-order valence-electron chi connectivity index (χ3n) is 5.51. The van der Waals surface area contributed by atoms with Crippen molar-refractivity contribution >= 4 is 17.3 Å². The van der Waals surface area contributed by atoms with Crippen molar-refractivity contribution in [2.24, 2.45) is 10.9 Å². The topological polar surface area (TPSA) is 52.1 Å². The standard InChI is InChI=1S/C20H35N5OS/c1-3-7-24-8-6-17(16-24)14-22-20(21-2)23-15-18(19-5-4-13-27-19)25-9-11-26-12-10-25/h4-5,13,17-18H,3,6-12,14-16H2,1-2H3,(H2,21,22,23). The van der Waals surface area contributed by atoms with Crippen molar-refractivity contribution in [3.8, 4) is 0 Å². The highest BCUT2D eigenvalue weighted by Crippen LogP contribution is 2.25. The zero-order valence-electron chi connectivity index (χ0n) is 16.8. The zero-order valence-corrected chi connectivity index (χ0v) is 17.6. The fourth-order valence-electron chi connectivity index (χ4n) is 4.03. The second kappa shape index (κ2) is 11.0. The first-order valence-corrected chi connectivity index (χ1v) is 11.2. The minimum atomic E-state index is 0.374. The van der Waals surface area contributed by atoms with Crippen LogP contribution in [0.1, 0.15) is 30.7 Å². The normalized spacial score (nSPS) is 23.5. The summed E-state index contributed by atoms with van der Waals surface area (Å²) >= 11 is 1.83. The molecule has 0 spiro atoms. The fraction of sp³-hybridized carbons (Fsp3) is 0.750. The maximum atomic E-state index is 5.54. The second-order valence-electron chi connectivity index (χ2n) is 7.47. The molecule has 3 rings (SSSR count). The number of hydrogen-bond acceptors (Lipinski definition) is 5. The van der Waals surface area contributed by atoms with Gasteiger partial charge >= 0.3 is 0 Å². The van der Waals surface area contributed by atoms with Crippen LogP contribution < -0.4 is 10.6 Å². The Morgan fingerprint density at radius 3 is 2.89 bits per heavy atom. The van der Waals surface area contributed by atoms with Crippen LogP contribution >= 0.6 is 11.3 Å². The molecule has 7 heteroatoms. The lowest BCUT2D eigenvalue weighted by Crippen LogP contribution is -2.46. The molecule has 0 bridgehead atoms. The highest BCUT2D eigenvalue weighted by atomic mass is 32.1. The summed E-state index contributed by atoms with van der Waals surface area (Å²) in [6.07, 6.45) is 2.53. The van der Waals surface area contributed by atoms with E-state index in [1.54, 1.807) is 0 Å². The molecule has 2 aliphatic heterocycles. The van der Waals surface area contributed by atoms with Gasteiger partial charge < -0.3 is 20.3 Å². The molecule has 1 aromatic heterocycles. The summed E-state index contributed by atoms with van der Waals surface area (Å²) in [4.78, 5) is 11.0. The van der Waals surface area contributed by atoms with Crippen LogP contribution in [0.3, 0.4) is 0 Å². The van der Waals surface area contributed by atoms with E-state index in [2.05, 4.69) is 49.9 Å². The Bertz CT molecular complexity index is 559. The largest absolute Gasteiger partial charge is 0.379 e. The van der Waals surface area contributed by atoms with Crippen molar-refractivity contribution < 1.29 is 4.74 Å². The van der Waals surface area contributed by atoms with E-state index in [1.807, 2.05) is 18.4 Å². The first-order chi connectivity index (χ1) is 13.3. The van der Waals surface area contributed by atoms with Gasteiger partial charge in [0.15, 0.2) is 5.96 Å². The summed E-state index contributed by atoms with van der Waals surface area (Å²) in [5.74, 6) is 1.64. The van der Waals surface area contributed by atoms with Gasteiger partial charge in [-0.25, -0.2) is 0 Å². The van der Waals surface area contributed by atoms with Crippen LogP contribution in [-0.4, -0.2) is 81.8 Å². The monoisotopic (exact) mass is 393 g/mol. The number of thiophene rings is 1. The van der Waals surface area contributed by atoms with Gasteiger partial charge in [0.25, 0.3) is 0 Å². The summed E-state index contributed by atoms with van der Waals surface area (Å²) in [5.41, 5.74) is 0. The van der Waals surface area contributed by atoms with Crippen molar-refractivity contribution in [1.29, 1.82) is 0 Å². The van der Waals surface area contributed by atoms with E-state index in [1.165, 1.54) is 37.4 Å². The predicted molar refractivity (Wildman–Crippen MR) is 114 cm³/mol. The summed E-state index contributed by atoms with van der Waals surface area (Å²) in [6.45, 7) is 11.4. The van der Waals surface area contributed by atoms with Gasteiger partial charge in [-0.05, 0) is 43.3 Å². The van der Waals surface area contributed by atoms with Gasteiger partial charge in [0.2, 0.25) is 0 Å². The third kappa shape index (κ3) is 6.17. The van der Waals surface area contributed by atoms with Crippen LogP contribution in [0.25, 0.3) is 0 Å². The summed E-state index contributed by atoms with van der Waals surface area (Å²) < 4.78 is 5.54. The molecule has 1 aromatic rings. The number of nitrogens with one attached hydrogen (secondary N) is 2. The van der Waals surface area contributed by atoms with E-state index in [0.717, 1.165) is 51.3 Å². The molecule has 0 aromatic carbocycles. The Morgan fingerprint density at radius 2 is 2.19 bits per heavy atom. The number of likely N-dealkylation sites (tertiary alicyclic amines) is 1. The Morgan fingerprint density at radius 1 is 1.33 bits per heavy atom. The SMILES string of the molecule is CCCN1CCC(CNC(=NC)NCC(c2cccs2)N2CCOCC2)C1. The second-order valence-corrected chi connectivity index (χ2v) is 8.45. The van der Waals surface area contributed by atoms with Gasteiger partial charge in [-0.15, -0.1) is 11.3 Å². The van der Waals surface area contributed by atoms with E-state index in [-0.39, 0.29) is 0 Å². The Kier molecular flexibility index (Phi) is 8.38. The van der Waals surface area contributed by atoms with E-state index in [4.69, 9.17) is 4.74 Å². The minimum absolute atomic E-state index is 0.374. The number of ether oxygens (including phenoxy) is 1. The predicted octanol–water partition coefficient (Wildman–Crippen LogP) is 2.02. The minimum Gasteiger partial charge on any atom is -0.379 e. The van der Waals surface area contributed by atoms with E-state index < -0.39 is 0 Å². The number of aliphatic imine (C=N–C) groups is 1. The van der Waals surface area contributed by atoms with Gasteiger partial charge in [0.1, 0.15) is 0 Å². The highest BCUT2D eigenvalue weighted by molar-refractivity contribution is 7.10. The number of guanidine groups is 1. The van der Waals surface area contributed by atoms with Crippen molar-refractivity contribution in [2.45, 2.75) is 25.8 Å². The number of rotatable bonds is 8. The van der Waals surface area contributed by atoms with Gasteiger partial charge in [-0.2, -0.15) is 0 Å². The summed E-state index contributed by atoms with van der Waals surface area (Å²) in [6, 6.07) is 4.76. The first kappa shape index (κ1) is 20.6. The summed E-state index contributed by atoms with van der Waals surface area (Å²) in [7, 11) is 1.86. The maximum Gasteiger partial charge on any atom is 0.191 e. The zero-order chi connectivity index (χ0) is 18.9. The molecular weight excluding hydrogens is 358 g/mol. The number of morpholine rings is 1. The first-order valence-electron chi connectivity index (χ1n) is 10.3. The maximum absolute atomic E-state index is 5.54. The van der Waals surface area contributed by atoms with Crippen LogP contribution in [-0.2, 0) is 4.74 Å². The van der Waals surface area contributed by atoms with Crippen LogP contribution in [0.4, 0.5) is 0 Å². The van der Waals surface area contributed by atoms with Crippen LogP contribution in [0.5, 0.6) is 0 Å². The molecule has 2 saturated heterocycles. The Labute approximate surface area is 168 Å². The highest BCUT2D eigenvalue weighted by Gasteiger charge is 2.24. The average Bonchev–Trinajstić information content (AvgIpc) is 3.38. The molecule has 0 saturated carbocycles. The quantitative estimate of drug-likeness (QED) is 0.523. The molecule has 2 aliphatic rings. The Balaban J connectivity index is 1.48. The molecule has 2 atom stereocenters. The molecule has 2 N–H and O–H groups in total. The molecular formula is C20H35N5OS. The lowest BCUT2D eigenvalue weighted by molar-refractivity contribution is 0.0177. The summed E-state index contributed by atoms with van der Waals surface area (Å²) in [5, 5.41) is 9.28. The fourth-order valence-corrected chi connectivity index (χ4v) is 4.89. The van der Waals surface area contributed by atoms with Gasteiger partial charge in [0, 0.05) is 44.6 Å². The molecule has 152 valence electrons. The molecule has 0 radical (unpaired) electrons. The van der Waals surface area contributed by atoms with Crippen molar-refractivity contribution in [3.05, 3.63) is 22.4 Å². The van der Waals surface area contributed by atoms with Crippen LogP contribution in [0.2, 0.25) is 0 Å². The molecule has 0 amide bonds. The molecule has 2 fully saturated rings. The smallest absolute Gasteiger partial charge is 0.191 e. The average molecular weight is 394 g/mol. The van der Waals surface area contributed by atoms with Gasteiger partial charge in [0.05, 0.1) is 19.3 Å². The van der Waals surface area contributed by atoms with E-state index in [0.29, 0.717) is 6.04 Å². The van der Waals surface area contributed by atoms with Gasteiger partial charge in [-0.3, -0.25) is 9.89 Å². The number of nitrogens with zero attached hydrogens (tertiary/aromatic N) is 3. The van der Waals surface area contributed by atoms with E-state index >= 15 is 0 Å². The number of hydrogen-bond donors (Lipinski definition) is 2. The van der Waals surface area contributed by atoms with E-state index in [9.17, 15) is 0 Å². The van der Waals surface area contributed by atoms with Crippen LogP contribution in [0.15, 0.2) is 22.5 Å². The molecule has 0 aliphatic carbocycles.